The minimum Gasteiger partial charge on any atom is -0.482 e. The standard InChI is InChI=1S/C22H27NO5S/c24-22(28-16-19-4-2-1-3-5-19)17-27-20-6-8-21(9-7-20)29(25,26)15-12-18-10-13-23-14-11-18/h1-9,18,23H,10-17H2. The molecule has 0 aliphatic carbocycles. The smallest absolute Gasteiger partial charge is 0.344 e. The van der Waals surface area contributed by atoms with E-state index in [9.17, 15) is 13.2 Å². The number of rotatable bonds is 9. The molecule has 0 aromatic heterocycles. The number of hydrogen-bond donors (Lipinski definition) is 1. The second kappa shape index (κ2) is 10.4. The summed E-state index contributed by atoms with van der Waals surface area (Å²) in [5.41, 5.74) is 0.903. The minimum absolute atomic E-state index is 0.156. The van der Waals surface area contributed by atoms with E-state index in [0.717, 1.165) is 31.5 Å². The summed E-state index contributed by atoms with van der Waals surface area (Å²) in [7, 11) is -3.31. The Bertz CT molecular complexity index is 875. The molecule has 0 radical (unpaired) electrons. The first-order valence-corrected chi connectivity index (χ1v) is 11.5. The molecule has 1 aliphatic rings. The fourth-order valence-corrected chi connectivity index (χ4v) is 4.71. The third-order valence-corrected chi connectivity index (χ3v) is 6.80. The molecular weight excluding hydrogens is 390 g/mol. The van der Waals surface area contributed by atoms with Crippen LogP contribution in [-0.2, 0) is 26.0 Å². The molecule has 0 unspecified atom stereocenters. The van der Waals surface area contributed by atoms with Gasteiger partial charge in [0.05, 0.1) is 10.6 Å². The Kier molecular flexibility index (Phi) is 7.66. The van der Waals surface area contributed by atoms with Crippen LogP contribution in [0.5, 0.6) is 5.75 Å². The van der Waals surface area contributed by atoms with Crippen molar-refractivity contribution in [2.24, 2.45) is 5.92 Å². The second-order valence-electron chi connectivity index (χ2n) is 7.21. The van der Waals surface area contributed by atoms with Crippen LogP contribution in [0.4, 0.5) is 0 Å². The van der Waals surface area contributed by atoms with Crippen molar-refractivity contribution in [3.63, 3.8) is 0 Å². The molecule has 0 amide bonds. The number of carbonyl (C=O) groups is 1. The van der Waals surface area contributed by atoms with Gasteiger partial charge in [-0.15, -0.1) is 0 Å². The van der Waals surface area contributed by atoms with E-state index in [-0.39, 0.29) is 23.9 Å². The van der Waals surface area contributed by atoms with Gasteiger partial charge in [-0.3, -0.25) is 0 Å². The van der Waals surface area contributed by atoms with Gasteiger partial charge in [0.1, 0.15) is 12.4 Å². The van der Waals surface area contributed by atoms with Gasteiger partial charge in [-0.25, -0.2) is 13.2 Å². The number of carbonyl (C=O) groups excluding carboxylic acids is 1. The van der Waals surface area contributed by atoms with Gasteiger partial charge >= 0.3 is 5.97 Å². The summed E-state index contributed by atoms with van der Waals surface area (Å²) in [5, 5.41) is 3.29. The number of ether oxygens (including phenoxy) is 2. The van der Waals surface area contributed by atoms with Crippen molar-refractivity contribution >= 4 is 15.8 Å². The normalized spacial score (nSPS) is 15.0. The molecule has 1 heterocycles. The van der Waals surface area contributed by atoms with Gasteiger partial charge in [-0.05, 0) is 68.1 Å². The zero-order valence-corrected chi connectivity index (χ0v) is 17.2. The number of benzene rings is 2. The van der Waals surface area contributed by atoms with Crippen molar-refractivity contribution in [2.75, 3.05) is 25.4 Å². The molecule has 156 valence electrons. The molecule has 0 atom stereocenters. The van der Waals surface area contributed by atoms with Gasteiger partial charge in [0, 0.05) is 0 Å². The monoisotopic (exact) mass is 417 g/mol. The number of esters is 1. The van der Waals surface area contributed by atoms with Crippen LogP contribution in [-0.4, -0.2) is 39.8 Å². The summed E-state index contributed by atoms with van der Waals surface area (Å²) in [5.74, 6) is 0.575. The maximum atomic E-state index is 12.5. The first-order chi connectivity index (χ1) is 14.0. The quantitative estimate of drug-likeness (QED) is 0.632. The highest BCUT2D eigenvalue weighted by molar-refractivity contribution is 7.91. The molecule has 1 saturated heterocycles. The molecule has 1 N–H and O–H groups in total. The summed E-state index contributed by atoms with van der Waals surface area (Å²) in [4.78, 5) is 12.1. The molecular formula is C22H27NO5S. The van der Waals surface area contributed by atoms with E-state index >= 15 is 0 Å². The summed E-state index contributed by atoms with van der Waals surface area (Å²) in [6.45, 7) is 1.89. The highest BCUT2D eigenvalue weighted by Gasteiger charge is 2.19. The Morgan fingerprint density at radius 1 is 1.00 bits per heavy atom. The van der Waals surface area contributed by atoms with Crippen LogP contribution in [0.2, 0.25) is 0 Å². The van der Waals surface area contributed by atoms with Gasteiger partial charge in [-0.1, -0.05) is 30.3 Å². The van der Waals surface area contributed by atoms with E-state index in [1.807, 2.05) is 30.3 Å². The lowest BCUT2D eigenvalue weighted by molar-refractivity contribution is -0.147. The molecule has 0 saturated carbocycles. The largest absolute Gasteiger partial charge is 0.482 e. The van der Waals surface area contributed by atoms with Gasteiger partial charge < -0.3 is 14.8 Å². The molecule has 0 bridgehead atoms. The highest BCUT2D eigenvalue weighted by Crippen LogP contribution is 2.22. The van der Waals surface area contributed by atoms with Crippen molar-refractivity contribution in [1.82, 2.24) is 5.32 Å². The molecule has 2 aromatic carbocycles. The molecule has 0 spiro atoms. The summed E-state index contributed by atoms with van der Waals surface area (Å²) in [6, 6.07) is 15.6. The number of sulfone groups is 1. The number of piperidine rings is 1. The second-order valence-corrected chi connectivity index (χ2v) is 9.32. The van der Waals surface area contributed by atoms with Crippen LogP contribution in [0, 0.1) is 5.92 Å². The number of hydrogen-bond acceptors (Lipinski definition) is 6. The van der Waals surface area contributed by atoms with Gasteiger partial charge in [0.2, 0.25) is 0 Å². The highest BCUT2D eigenvalue weighted by atomic mass is 32.2. The topological polar surface area (TPSA) is 81.7 Å². The Hall–Kier alpha value is -2.38. The van der Waals surface area contributed by atoms with Gasteiger partial charge in [0.15, 0.2) is 16.4 Å². The van der Waals surface area contributed by atoms with E-state index in [1.165, 1.54) is 12.1 Å². The predicted octanol–water partition coefficient (Wildman–Crippen LogP) is 2.97. The number of nitrogens with one attached hydrogen (secondary N) is 1. The predicted molar refractivity (Wildman–Crippen MR) is 110 cm³/mol. The maximum absolute atomic E-state index is 12.5. The zero-order chi connectivity index (χ0) is 20.5. The van der Waals surface area contributed by atoms with Crippen molar-refractivity contribution in [3.05, 3.63) is 60.2 Å². The van der Waals surface area contributed by atoms with Crippen molar-refractivity contribution in [3.8, 4) is 5.75 Å². The van der Waals surface area contributed by atoms with E-state index in [1.54, 1.807) is 12.1 Å². The van der Waals surface area contributed by atoms with E-state index in [0.29, 0.717) is 18.1 Å². The lowest BCUT2D eigenvalue weighted by atomic mass is 9.96. The fourth-order valence-electron chi connectivity index (χ4n) is 3.28. The fraction of sp³-hybridized carbons (Fsp3) is 0.409. The lowest BCUT2D eigenvalue weighted by Gasteiger charge is -2.22. The van der Waals surface area contributed by atoms with Crippen LogP contribution < -0.4 is 10.1 Å². The summed E-state index contributed by atoms with van der Waals surface area (Å²) >= 11 is 0. The average molecular weight is 418 g/mol. The SMILES string of the molecule is O=C(COc1ccc(S(=O)(=O)CCC2CCNCC2)cc1)OCc1ccccc1. The average Bonchev–Trinajstić information content (AvgIpc) is 2.77. The van der Waals surface area contributed by atoms with Crippen LogP contribution in [0.25, 0.3) is 0 Å². The Balaban J connectivity index is 1.44. The van der Waals surface area contributed by atoms with Crippen molar-refractivity contribution in [2.45, 2.75) is 30.8 Å². The molecule has 29 heavy (non-hydrogen) atoms. The first kappa shape index (κ1) is 21.3. The van der Waals surface area contributed by atoms with E-state index in [2.05, 4.69) is 5.32 Å². The maximum Gasteiger partial charge on any atom is 0.344 e. The molecule has 6 nitrogen and oxygen atoms in total. The van der Waals surface area contributed by atoms with Crippen LogP contribution in [0.3, 0.4) is 0 Å². The molecule has 1 aliphatic heterocycles. The van der Waals surface area contributed by atoms with Crippen molar-refractivity contribution < 1.29 is 22.7 Å². The van der Waals surface area contributed by atoms with Crippen LogP contribution in [0.1, 0.15) is 24.8 Å². The Morgan fingerprint density at radius 3 is 2.38 bits per heavy atom. The Morgan fingerprint density at radius 2 is 1.69 bits per heavy atom. The third-order valence-electron chi connectivity index (χ3n) is 5.04. The molecule has 2 aromatic rings. The summed E-state index contributed by atoms with van der Waals surface area (Å²) in [6.07, 6.45) is 2.75. The summed E-state index contributed by atoms with van der Waals surface area (Å²) < 4.78 is 35.6. The van der Waals surface area contributed by atoms with Crippen molar-refractivity contribution in [1.29, 1.82) is 0 Å². The first-order valence-electron chi connectivity index (χ1n) is 9.89. The lowest BCUT2D eigenvalue weighted by Crippen LogP contribution is -2.28. The van der Waals surface area contributed by atoms with E-state index in [4.69, 9.17) is 9.47 Å². The van der Waals surface area contributed by atoms with Gasteiger partial charge in [0.25, 0.3) is 0 Å². The molecule has 3 rings (SSSR count). The van der Waals surface area contributed by atoms with Gasteiger partial charge in [-0.2, -0.15) is 0 Å². The minimum atomic E-state index is -3.31. The Labute approximate surface area is 172 Å². The third kappa shape index (κ3) is 6.87. The molecule has 7 heteroatoms. The van der Waals surface area contributed by atoms with E-state index < -0.39 is 15.8 Å². The van der Waals surface area contributed by atoms with Crippen LogP contribution in [0.15, 0.2) is 59.5 Å². The zero-order valence-electron chi connectivity index (χ0n) is 16.4. The molecule has 1 fully saturated rings. The van der Waals surface area contributed by atoms with Crippen LogP contribution >= 0.6 is 0 Å².